The van der Waals surface area contributed by atoms with Crippen molar-refractivity contribution in [2.45, 2.75) is 76.9 Å². The van der Waals surface area contributed by atoms with E-state index in [0.29, 0.717) is 31.4 Å². The van der Waals surface area contributed by atoms with Crippen LogP contribution in [-0.4, -0.2) is 72.7 Å². The fourth-order valence-corrected chi connectivity index (χ4v) is 4.75. The van der Waals surface area contributed by atoms with Gasteiger partial charge in [-0.15, -0.1) is 0 Å². The van der Waals surface area contributed by atoms with E-state index in [0.717, 1.165) is 30.6 Å². The highest BCUT2D eigenvalue weighted by Gasteiger charge is 2.42. The largest absolute Gasteiger partial charge is 0.493 e. The highest BCUT2D eigenvalue weighted by atomic mass is 19.3. The standard InChI is InChI=1S/C26H38F3N3O4/c1-17(2)36-25(34)31-11-8-19(9-12-31)5-4-14-35-20-6-7-21(22(27)15-20)18(3)23(30)24(33)32-13-10-26(28,29)16-32/h6-7,15,17-19,23H,4-5,8-14,16,30H2,1-3H3/t18-,23?/m0/s1. The number of carbonyl (C=O) groups excluding carboxylic acids is 2. The maximum absolute atomic E-state index is 14.8. The van der Waals surface area contributed by atoms with Crippen LogP contribution in [0, 0.1) is 11.7 Å². The molecule has 0 aromatic heterocycles. The van der Waals surface area contributed by atoms with Crippen LogP contribution in [0.25, 0.3) is 0 Å². The molecule has 1 aromatic rings. The lowest BCUT2D eigenvalue weighted by molar-refractivity contribution is -0.133. The summed E-state index contributed by atoms with van der Waals surface area (Å²) in [5.41, 5.74) is 6.27. The molecule has 2 amide bonds. The summed E-state index contributed by atoms with van der Waals surface area (Å²) >= 11 is 0. The number of carbonyl (C=O) groups is 2. The van der Waals surface area contributed by atoms with Gasteiger partial charge in [0, 0.05) is 38.0 Å². The third kappa shape index (κ3) is 7.51. The van der Waals surface area contributed by atoms with Crippen LogP contribution in [0.2, 0.25) is 0 Å². The van der Waals surface area contributed by atoms with E-state index in [1.165, 1.54) is 12.1 Å². The van der Waals surface area contributed by atoms with Crippen molar-refractivity contribution in [3.8, 4) is 5.75 Å². The predicted molar refractivity (Wildman–Crippen MR) is 130 cm³/mol. The van der Waals surface area contributed by atoms with Crippen LogP contribution in [-0.2, 0) is 9.53 Å². The van der Waals surface area contributed by atoms with Crippen molar-refractivity contribution in [3.63, 3.8) is 0 Å². The van der Waals surface area contributed by atoms with Gasteiger partial charge in [0.1, 0.15) is 11.6 Å². The van der Waals surface area contributed by atoms with Crippen LogP contribution in [0.15, 0.2) is 18.2 Å². The molecule has 0 aliphatic carbocycles. The molecule has 7 nitrogen and oxygen atoms in total. The Morgan fingerprint density at radius 3 is 2.42 bits per heavy atom. The second-order valence-corrected chi connectivity index (χ2v) is 10.2. The SMILES string of the molecule is CC(C)OC(=O)N1CCC(CCCOc2ccc([C@H](C)C(N)C(=O)N3CCC(F)(F)C3)c(F)c2)CC1. The second kappa shape index (κ2) is 12.2. The molecule has 2 heterocycles. The number of ether oxygens (including phenoxy) is 2. The molecule has 0 radical (unpaired) electrons. The zero-order valence-electron chi connectivity index (χ0n) is 21.4. The Hall–Kier alpha value is -2.49. The van der Waals surface area contributed by atoms with Crippen molar-refractivity contribution in [1.82, 2.24) is 9.80 Å². The summed E-state index contributed by atoms with van der Waals surface area (Å²) in [4.78, 5) is 27.3. The first-order valence-corrected chi connectivity index (χ1v) is 12.8. The van der Waals surface area contributed by atoms with Gasteiger partial charge in [-0.3, -0.25) is 4.79 Å². The maximum Gasteiger partial charge on any atom is 0.410 e. The van der Waals surface area contributed by atoms with Crippen molar-refractivity contribution < 1.29 is 32.2 Å². The smallest absolute Gasteiger partial charge is 0.410 e. The number of hydrogen-bond acceptors (Lipinski definition) is 5. The Balaban J connectivity index is 1.41. The number of hydrogen-bond donors (Lipinski definition) is 1. The summed E-state index contributed by atoms with van der Waals surface area (Å²) in [6.07, 6.45) is 2.84. The second-order valence-electron chi connectivity index (χ2n) is 10.2. The molecule has 0 spiro atoms. The van der Waals surface area contributed by atoms with Crippen molar-refractivity contribution in [2.75, 3.05) is 32.8 Å². The minimum Gasteiger partial charge on any atom is -0.493 e. The number of piperidine rings is 1. The minimum atomic E-state index is -2.90. The fraction of sp³-hybridized carbons (Fsp3) is 0.692. The number of amides is 2. The van der Waals surface area contributed by atoms with E-state index in [-0.39, 0.29) is 30.7 Å². The first-order valence-electron chi connectivity index (χ1n) is 12.8. The lowest BCUT2D eigenvalue weighted by Crippen LogP contribution is -2.46. The third-order valence-corrected chi connectivity index (χ3v) is 7.00. The molecule has 202 valence electrons. The summed E-state index contributed by atoms with van der Waals surface area (Å²) in [5.74, 6) is -3.83. The van der Waals surface area contributed by atoms with Gasteiger partial charge in [-0.2, -0.15) is 0 Å². The number of halogens is 3. The molecule has 2 aliphatic rings. The molecule has 10 heteroatoms. The van der Waals surface area contributed by atoms with Crippen molar-refractivity contribution in [3.05, 3.63) is 29.6 Å². The Morgan fingerprint density at radius 2 is 1.83 bits per heavy atom. The van der Waals surface area contributed by atoms with E-state index in [2.05, 4.69) is 0 Å². The Labute approximate surface area is 211 Å². The zero-order valence-corrected chi connectivity index (χ0v) is 21.4. The summed E-state index contributed by atoms with van der Waals surface area (Å²) < 4.78 is 52.6. The predicted octanol–water partition coefficient (Wildman–Crippen LogP) is 4.54. The number of rotatable bonds is 9. The number of nitrogens with two attached hydrogens (primary N) is 1. The van der Waals surface area contributed by atoms with Crippen LogP contribution in [0.5, 0.6) is 5.75 Å². The zero-order chi connectivity index (χ0) is 26.5. The average molecular weight is 514 g/mol. The van der Waals surface area contributed by atoms with E-state index in [1.807, 2.05) is 13.8 Å². The van der Waals surface area contributed by atoms with Crippen LogP contribution in [0.4, 0.5) is 18.0 Å². The monoisotopic (exact) mass is 513 g/mol. The number of nitrogens with zero attached hydrogens (tertiary/aromatic N) is 2. The van der Waals surface area contributed by atoms with Crippen LogP contribution < -0.4 is 10.5 Å². The summed E-state index contributed by atoms with van der Waals surface area (Å²) in [7, 11) is 0. The number of likely N-dealkylation sites (tertiary alicyclic amines) is 2. The average Bonchev–Trinajstić information content (AvgIpc) is 3.20. The molecule has 2 saturated heterocycles. The van der Waals surface area contributed by atoms with Gasteiger partial charge in [-0.05, 0) is 57.1 Å². The van der Waals surface area contributed by atoms with E-state index in [4.69, 9.17) is 15.2 Å². The summed E-state index contributed by atoms with van der Waals surface area (Å²) in [6, 6.07) is 3.33. The van der Waals surface area contributed by atoms with Gasteiger partial charge in [0.2, 0.25) is 5.91 Å². The van der Waals surface area contributed by atoms with Gasteiger partial charge in [-0.1, -0.05) is 13.0 Å². The Morgan fingerprint density at radius 1 is 1.14 bits per heavy atom. The lowest BCUT2D eigenvalue weighted by atomic mass is 9.92. The lowest BCUT2D eigenvalue weighted by Gasteiger charge is -2.31. The van der Waals surface area contributed by atoms with Gasteiger partial charge in [0.05, 0.1) is 25.3 Å². The summed E-state index contributed by atoms with van der Waals surface area (Å²) in [6.45, 7) is 6.40. The number of benzene rings is 1. The van der Waals surface area contributed by atoms with Crippen LogP contribution >= 0.6 is 0 Å². The van der Waals surface area contributed by atoms with Crippen LogP contribution in [0.3, 0.4) is 0 Å². The molecular formula is C26H38F3N3O4. The van der Waals surface area contributed by atoms with Gasteiger partial charge in [0.15, 0.2) is 0 Å². The molecule has 3 rings (SSSR count). The molecule has 1 unspecified atom stereocenters. The fourth-order valence-electron chi connectivity index (χ4n) is 4.75. The van der Waals surface area contributed by atoms with Crippen molar-refractivity contribution in [2.24, 2.45) is 11.7 Å². The highest BCUT2D eigenvalue weighted by Crippen LogP contribution is 2.30. The molecule has 2 fully saturated rings. The third-order valence-electron chi connectivity index (χ3n) is 7.00. The first kappa shape index (κ1) is 28.1. The normalized spacial score (nSPS) is 19.9. The van der Waals surface area contributed by atoms with Crippen LogP contribution in [0.1, 0.15) is 64.4 Å². The van der Waals surface area contributed by atoms with Gasteiger partial charge >= 0.3 is 6.09 Å². The van der Waals surface area contributed by atoms with E-state index in [9.17, 15) is 22.8 Å². The number of alkyl halides is 2. The van der Waals surface area contributed by atoms with E-state index >= 15 is 0 Å². The molecule has 36 heavy (non-hydrogen) atoms. The summed E-state index contributed by atoms with van der Waals surface area (Å²) in [5, 5.41) is 0. The molecular weight excluding hydrogens is 475 g/mol. The van der Waals surface area contributed by atoms with Gasteiger partial charge in [-0.25, -0.2) is 18.0 Å². The minimum absolute atomic E-state index is 0.0503. The topological polar surface area (TPSA) is 85.1 Å². The maximum atomic E-state index is 14.8. The van der Waals surface area contributed by atoms with E-state index < -0.39 is 36.2 Å². The van der Waals surface area contributed by atoms with Gasteiger partial charge < -0.3 is 25.0 Å². The quantitative estimate of drug-likeness (QED) is 0.490. The first-order chi connectivity index (χ1) is 17.0. The molecule has 0 bridgehead atoms. The highest BCUT2D eigenvalue weighted by molar-refractivity contribution is 5.83. The molecule has 0 saturated carbocycles. The Bertz CT molecular complexity index is 906. The molecule has 1 aromatic carbocycles. The van der Waals surface area contributed by atoms with Crippen molar-refractivity contribution >= 4 is 12.0 Å². The van der Waals surface area contributed by atoms with Gasteiger partial charge in [0.25, 0.3) is 5.92 Å². The van der Waals surface area contributed by atoms with Crippen molar-refractivity contribution in [1.29, 1.82) is 0 Å². The molecule has 2 aliphatic heterocycles. The molecule has 2 atom stereocenters. The van der Waals surface area contributed by atoms with E-state index in [1.54, 1.807) is 17.9 Å². The molecule has 2 N–H and O–H groups in total. The Kier molecular flexibility index (Phi) is 9.49.